The summed E-state index contributed by atoms with van der Waals surface area (Å²) in [5.41, 5.74) is 0.623. The minimum Gasteiger partial charge on any atom is -0.507 e. The number of carbonyl (C=O) groups is 2. The van der Waals surface area contributed by atoms with Gasteiger partial charge in [0, 0.05) is 12.1 Å². The molecule has 1 aliphatic rings. The molecule has 0 aliphatic carbocycles. The number of rotatable bonds is 5. The topological polar surface area (TPSA) is 66.8 Å². The number of halogens is 2. The summed E-state index contributed by atoms with van der Waals surface area (Å²) in [6, 6.07) is 9.30. The molecule has 0 saturated carbocycles. The van der Waals surface area contributed by atoms with E-state index in [4.69, 9.17) is 16.3 Å². The number of aliphatic hydroxyl groups excluding tert-OH is 1. The molecule has 0 bridgehead atoms. The first-order chi connectivity index (χ1) is 13.4. The molecule has 1 fully saturated rings. The number of likely N-dealkylation sites (tertiary alicyclic amines) is 1. The van der Waals surface area contributed by atoms with E-state index in [1.807, 2.05) is 6.92 Å². The van der Waals surface area contributed by atoms with Gasteiger partial charge in [-0.2, -0.15) is 0 Å². The van der Waals surface area contributed by atoms with Crippen LogP contribution in [-0.4, -0.2) is 35.4 Å². The van der Waals surface area contributed by atoms with Gasteiger partial charge < -0.3 is 14.7 Å². The quantitative estimate of drug-likeness (QED) is 0.458. The molecule has 7 heteroatoms. The number of ether oxygens (including phenoxy) is 1. The molecule has 5 nitrogen and oxygen atoms in total. The molecule has 28 heavy (non-hydrogen) atoms. The van der Waals surface area contributed by atoms with Crippen LogP contribution in [0.2, 0.25) is 5.02 Å². The Bertz CT molecular complexity index is 955. The van der Waals surface area contributed by atoms with Crippen LogP contribution in [0, 0.1) is 5.82 Å². The molecule has 2 aromatic carbocycles. The summed E-state index contributed by atoms with van der Waals surface area (Å²) in [5, 5.41) is 11.2. The predicted octanol–water partition coefficient (Wildman–Crippen LogP) is 4.32. The Labute approximate surface area is 167 Å². The molecule has 2 aromatic rings. The molecule has 0 aromatic heterocycles. The van der Waals surface area contributed by atoms with Crippen LogP contribution in [0.4, 0.5) is 4.39 Å². The fraction of sp³-hybridized carbons (Fsp3) is 0.238. The van der Waals surface area contributed by atoms with Gasteiger partial charge in [0.25, 0.3) is 11.7 Å². The van der Waals surface area contributed by atoms with E-state index in [0.29, 0.717) is 24.3 Å². The van der Waals surface area contributed by atoms with Crippen molar-refractivity contribution in [2.75, 3.05) is 13.7 Å². The van der Waals surface area contributed by atoms with E-state index < -0.39 is 29.3 Å². The van der Waals surface area contributed by atoms with Gasteiger partial charge in [-0.05, 0) is 42.3 Å². The average molecular weight is 404 g/mol. The lowest BCUT2D eigenvalue weighted by Gasteiger charge is -2.25. The number of hydrogen-bond donors (Lipinski definition) is 1. The van der Waals surface area contributed by atoms with Gasteiger partial charge in [-0.15, -0.1) is 0 Å². The fourth-order valence-corrected chi connectivity index (χ4v) is 3.51. The maximum absolute atomic E-state index is 13.4. The molecule has 0 radical (unpaired) electrons. The molecule has 146 valence electrons. The van der Waals surface area contributed by atoms with E-state index >= 15 is 0 Å². The smallest absolute Gasteiger partial charge is 0.295 e. The summed E-state index contributed by atoms with van der Waals surface area (Å²) in [6.07, 6.45) is 0.616. The highest BCUT2D eigenvalue weighted by Gasteiger charge is 2.45. The molecular weight excluding hydrogens is 385 g/mol. The van der Waals surface area contributed by atoms with Crippen molar-refractivity contribution in [1.29, 1.82) is 0 Å². The lowest BCUT2D eigenvalue weighted by molar-refractivity contribution is -0.139. The molecule has 1 amide bonds. The largest absolute Gasteiger partial charge is 0.507 e. The van der Waals surface area contributed by atoms with Crippen molar-refractivity contribution >= 4 is 29.1 Å². The first-order valence-corrected chi connectivity index (χ1v) is 9.14. The number of Topliss-reactive ketones (excluding diaryl/α,β-unsaturated/α-hetero) is 1. The number of aliphatic hydroxyl groups is 1. The Morgan fingerprint density at radius 3 is 2.50 bits per heavy atom. The minimum absolute atomic E-state index is 0.0831. The van der Waals surface area contributed by atoms with Gasteiger partial charge in [0.15, 0.2) is 0 Å². The molecule has 3 rings (SSSR count). The summed E-state index contributed by atoms with van der Waals surface area (Å²) in [6.45, 7) is 2.19. The highest BCUT2D eigenvalue weighted by molar-refractivity contribution is 6.47. The zero-order chi connectivity index (χ0) is 20.4. The third kappa shape index (κ3) is 3.47. The van der Waals surface area contributed by atoms with E-state index in [1.165, 1.54) is 48.4 Å². The van der Waals surface area contributed by atoms with Crippen LogP contribution in [0.3, 0.4) is 0 Å². The summed E-state index contributed by atoms with van der Waals surface area (Å²) < 4.78 is 18.5. The average Bonchev–Trinajstić information content (AvgIpc) is 2.94. The first-order valence-electron chi connectivity index (χ1n) is 8.76. The van der Waals surface area contributed by atoms with Crippen LogP contribution in [0.15, 0.2) is 48.0 Å². The normalized spacial score (nSPS) is 18.6. The van der Waals surface area contributed by atoms with Crippen LogP contribution in [0.5, 0.6) is 5.75 Å². The maximum Gasteiger partial charge on any atom is 0.295 e. The van der Waals surface area contributed by atoms with Gasteiger partial charge in [0.05, 0.1) is 23.7 Å². The molecule has 1 saturated heterocycles. The number of benzene rings is 2. The standard InChI is InChI=1S/C21H19ClFNO4/c1-3-10-24-18(12-4-6-13(23)7-5-12)17(20(26)21(24)27)19(25)15-11-14(28-2)8-9-16(15)22/h4-9,11,18,25H,3,10H2,1-2H3/b19-17+. The van der Waals surface area contributed by atoms with Crippen molar-refractivity contribution in [3.63, 3.8) is 0 Å². The van der Waals surface area contributed by atoms with E-state index in [1.54, 1.807) is 6.07 Å². The third-order valence-electron chi connectivity index (χ3n) is 4.62. The Morgan fingerprint density at radius 2 is 1.89 bits per heavy atom. The van der Waals surface area contributed by atoms with Gasteiger partial charge in [-0.1, -0.05) is 30.7 Å². The van der Waals surface area contributed by atoms with Gasteiger partial charge >= 0.3 is 0 Å². The van der Waals surface area contributed by atoms with E-state index in [2.05, 4.69) is 0 Å². The lowest BCUT2D eigenvalue weighted by atomic mass is 9.95. The van der Waals surface area contributed by atoms with Crippen LogP contribution in [-0.2, 0) is 9.59 Å². The van der Waals surface area contributed by atoms with Crippen molar-refractivity contribution in [3.05, 3.63) is 70.0 Å². The fourth-order valence-electron chi connectivity index (χ4n) is 3.30. The molecule has 1 N–H and O–H groups in total. The van der Waals surface area contributed by atoms with E-state index in [9.17, 15) is 19.1 Å². The Kier molecular flexibility index (Phi) is 5.70. The van der Waals surface area contributed by atoms with Crippen LogP contribution in [0.1, 0.15) is 30.5 Å². The zero-order valence-corrected chi connectivity index (χ0v) is 16.2. The Morgan fingerprint density at radius 1 is 1.21 bits per heavy atom. The van der Waals surface area contributed by atoms with Crippen LogP contribution >= 0.6 is 11.6 Å². The SMILES string of the molecule is CCCN1C(=O)C(=O)/C(=C(/O)c2cc(OC)ccc2Cl)C1c1ccc(F)cc1. The third-order valence-corrected chi connectivity index (χ3v) is 4.95. The van der Waals surface area contributed by atoms with Crippen molar-refractivity contribution < 1.29 is 23.8 Å². The lowest BCUT2D eigenvalue weighted by Crippen LogP contribution is -2.30. The summed E-state index contributed by atoms with van der Waals surface area (Å²) in [4.78, 5) is 26.7. The zero-order valence-electron chi connectivity index (χ0n) is 15.4. The van der Waals surface area contributed by atoms with Gasteiger partial charge in [-0.3, -0.25) is 9.59 Å². The minimum atomic E-state index is -0.831. The maximum atomic E-state index is 13.4. The number of carbonyl (C=O) groups excluding carboxylic acids is 2. The van der Waals surface area contributed by atoms with Gasteiger partial charge in [0.1, 0.15) is 17.3 Å². The highest BCUT2D eigenvalue weighted by Crippen LogP contribution is 2.41. The number of amides is 1. The van der Waals surface area contributed by atoms with Gasteiger partial charge in [0.2, 0.25) is 0 Å². The molecule has 1 heterocycles. The van der Waals surface area contributed by atoms with Crippen LogP contribution < -0.4 is 4.74 Å². The second-order valence-electron chi connectivity index (χ2n) is 6.39. The van der Waals surface area contributed by atoms with Crippen molar-refractivity contribution in [3.8, 4) is 5.75 Å². The van der Waals surface area contributed by atoms with Crippen molar-refractivity contribution in [2.24, 2.45) is 0 Å². The molecule has 1 unspecified atom stereocenters. The molecule has 1 atom stereocenters. The van der Waals surface area contributed by atoms with Crippen LogP contribution in [0.25, 0.3) is 5.76 Å². The van der Waals surface area contributed by atoms with Crippen molar-refractivity contribution in [2.45, 2.75) is 19.4 Å². The number of hydrogen-bond acceptors (Lipinski definition) is 4. The number of methoxy groups -OCH3 is 1. The summed E-state index contributed by atoms with van der Waals surface area (Å²) in [7, 11) is 1.46. The van der Waals surface area contributed by atoms with E-state index in [0.717, 1.165) is 0 Å². The second-order valence-corrected chi connectivity index (χ2v) is 6.80. The van der Waals surface area contributed by atoms with Gasteiger partial charge in [-0.25, -0.2) is 4.39 Å². The molecular formula is C21H19ClFNO4. The summed E-state index contributed by atoms with van der Waals surface area (Å²) in [5.74, 6) is -1.91. The van der Waals surface area contributed by atoms with E-state index in [-0.39, 0.29) is 16.2 Å². The second kappa shape index (κ2) is 8.02. The Balaban J connectivity index is 2.22. The monoisotopic (exact) mass is 403 g/mol. The molecule has 1 aliphatic heterocycles. The number of ketones is 1. The Hall–Kier alpha value is -2.86. The number of nitrogens with zero attached hydrogens (tertiary/aromatic N) is 1. The van der Waals surface area contributed by atoms with Crippen molar-refractivity contribution in [1.82, 2.24) is 4.90 Å². The summed E-state index contributed by atoms with van der Waals surface area (Å²) >= 11 is 6.21. The predicted molar refractivity (Wildman–Crippen MR) is 104 cm³/mol. The highest BCUT2D eigenvalue weighted by atomic mass is 35.5. The first kappa shape index (κ1) is 19.9. The molecule has 0 spiro atoms.